The molecule has 0 aliphatic carbocycles. The molecule has 2 fully saturated rings. The largest absolute Gasteiger partial charge is 0.427 e. The van der Waals surface area contributed by atoms with Crippen molar-refractivity contribution in [3.8, 4) is 0 Å². The van der Waals surface area contributed by atoms with E-state index in [0.717, 1.165) is 25.9 Å². The summed E-state index contributed by atoms with van der Waals surface area (Å²) in [6, 6.07) is 1.86. The van der Waals surface area contributed by atoms with Gasteiger partial charge < -0.3 is 19.5 Å². The summed E-state index contributed by atoms with van der Waals surface area (Å²) in [6.45, 7) is 5.93. The van der Waals surface area contributed by atoms with Crippen LogP contribution in [0, 0.1) is 6.92 Å². The zero-order chi connectivity index (χ0) is 18.8. The standard InChI is InChI=1S/C18H24N6O3.2ClH/c1-12-9-14(13-3-2-4-19-10-13)27-17(26)15(12)16(25)23-5-7-24(8-6-23)18-20-11-21-22-18;;/h9,11,13,19H,2-8,10H2,1H3,(H,20,21,22);2*1H. The number of aromatic nitrogens is 3. The zero-order valence-corrected chi connectivity index (χ0v) is 17.9. The molecule has 11 heteroatoms. The highest BCUT2D eigenvalue weighted by Crippen LogP contribution is 2.24. The van der Waals surface area contributed by atoms with Crippen LogP contribution in [0.3, 0.4) is 0 Å². The molecule has 1 atom stereocenters. The van der Waals surface area contributed by atoms with Crippen LogP contribution in [0.5, 0.6) is 0 Å². The van der Waals surface area contributed by atoms with E-state index >= 15 is 0 Å². The Balaban J connectivity index is 0.00000150. The highest BCUT2D eigenvalue weighted by molar-refractivity contribution is 5.95. The molecule has 2 saturated heterocycles. The first-order valence-corrected chi connectivity index (χ1v) is 9.38. The fourth-order valence-corrected chi connectivity index (χ4v) is 3.82. The monoisotopic (exact) mass is 444 g/mol. The molecule has 0 aromatic carbocycles. The number of carbonyl (C=O) groups is 1. The second-order valence-corrected chi connectivity index (χ2v) is 7.13. The zero-order valence-electron chi connectivity index (χ0n) is 16.2. The first-order chi connectivity index (χ1) is 13.1. The summed E-state index contributed by atoms with van der Waals surface area (Å²) in [4.78, 5) is 33.4. The normalized spacial score (nSPS) is 19.3. The van der Waals surface area contributed by atoms with Crippen LogP contribution in [-0.2, 0) is 0 Å². The van der Waals surface area contributed by atoms with Gasteiger partial charge in [0.1, 0.15) is 17.7 Å². The average Bonchev–Trinajstić information content (AvgIpc) is 3.23. The van der Waals surface area contributed by atoms with E-state index in [-0.39, 0.29) is 42.2 Å². The summed E-state index contributed by atoms with van der Waals surface area (Å²) in [7, 11) is 0. The number of piperidine rings is 1. The molecule has 0 spiro atoms. The molecule has 4 heterocycles. The lowest BCUT2D eigenvalue weighted by atomic mass is 9.95. The first kappa shape index (κ1) is 23.2. The molecule has 2 aliphatic heterocycles. The van der Waals surface area contributed by atoms with Crippen LogP contribution in [0.15, 0.2) is 21.6 Å². The Labute approximate surface area is 181 Å². The molecule has 2 aromatic rings. The summed E-state index contributed by atoms with van der Waals surface area (Å²) in [5, 5.41) is 10.0. The Morgan fingerprint density at radius 1 is 1.24 bits per heavy atom. The maximum atomic E-state index is 12.9. The molecule has 1 unspecified atom stereocenters. The molecule has 1 amide bonds. The molecule has 2 aromatic heterocycles. The molecule has 9 nitrogen and oxygen atoms in total. The highest BCUT2D eigenvalue weighted by Gasteiger charge is 2.28. The lowest BCUT2D eigenvalue weighted by Crippen LogP contribution is -2.50. The van der Waals surface area contributed by atoms with Gasteiger partial charge in [-0.25, -0.2) is 9.89 Å². The fourth-order valence-electron chi connectivity index (χ4n) is 3.82. The Hall–Kier alpha value is -2.10. The van der Waals surface area contributed by atoms with Crippen molar-refractivity contribution in [3.63, 3.8) is 0 Å². The summed E-state index contributed by atoms with van der Waals surface area (Å²) >= 11 is 0. The van der Waals surface area contributed by atoms with Crippen LogP contribution in [-0.4, -0.2) is 65.3 Å². The van der Waals surface area contributed by atoms with Crippen LogP contribution in [0.2, 0.25) is 0 Å². The predicted octanol–water partition coefficient (Wildman–Crippen LogP) is 1.34. The van der Waals surface area contributed by atoms with Gasteiger partial charge in [-0.05, 0) is 37.9 Å². The number of nitrogens with one attached hydrogen (secondary N) is 2. The van der Waals surface area contributed by atoms with Crippen molar-refractivity contribution in [2.45, 2.75) is 25.7 Å². The number of hydrogen-bond donors (Lipinski definition) is 2. The van der Waals surface area contributed by atoms with E-state index in [9.17, 15) is 9.59 Å². The summed E-state index contributed by atoms with van der Waals surface area (Å²) < 4.78 is 5.54. The molecular weight excluding hydrogens is 419 g/mol. The molecule has 0 saturated carbocycles. The minimum Gasteiger partial charge on any atom is -0.427 e. The Bertz CT molecular complexity index is 859. The van der Waals surface area contributed by atoms with Crippen molar-refractivity contribution in [1.82, 2.24) is 25.4 Å². The van der Waals surface area contributed by atoms with Gasteiger partial charge in [0, 0.05) is 38.6 Å². The van der Waals surface area contributed by atoms with E-state index in [1.807, 2.05) is 17.9 Å². The quantitative estimate of drug-likeness (QED) is 0.734. The number of aryl methyl sites for hydroxylation is 1. The molecule has 2 N–H and O–H groups in total. The third-order valence-corrected chi connectivity index (χ3v) is 5.35. The highest BCUT2D eigenvalue weighted by atomic mass is 35.5. The predicted molar refractivity (Wildman–Crippen MR) is 114 cm³/mol. The minimum absolute atomic E-state index is 0. The number of aromatic amines is 1. The van der Waals surface area contributed by atoms with Crippen LogP contribution < -0.4 is 15.8 Å². The van der Waals surface area contributed by atoms with Gasteiger partial charge in [0.25, 0.3) is 5.91 Å². The van der Waals surface area contributed by atoms with E-state index in [1.54, 1.807) is 4.90 Å². The van der Waals surface area contributed by atoms with Gasteiger partial charge in [0.2, 0.25) is 5.95 Å². The van der Waals surface area contributed by atoms with Gasteiger partial charge in [0.15, 0.2) is 0 Å². The van der Waals surface area contributed by atoms with Gasteiger partial charge in [-0.1, -0.05) is 0 Å². The first-order valence-electron chi connectivity index (χ1n) is 9.38. The lowest BCUT2D eigenvalue weighted by molar-refractivity contribution is 0.0740. The average molecular weight is 445 g/mol. The number of nitrogens with zero attached hydrogens (tertiary/aromatic N) is 4. The molecule has 2 aliphatic rings. The van der Waals surface area contributed by atoms with Gasteiger partial charge in [-0.3, -0.25) is 4.79 Å². The topological polar surface area (TPSA) is 107 Å². The third-order valence-electron chi connectivity index (χ3n) is 5.35. The summed E-state index contributed by atoms with van der Waals surface area (Å²) in [5.41, 5.74) is 0.309. The number of hydrogen-bond acceptors (Lipinski definition) is 7. The van der Waals surface area contributed by atoms with E-state index in [2.05, 4.69) is 20.5 Å². The van der Waals surface area contributed by atoms with Gasteiger partial charge >= 0.3 is 5.63 Å². The van der Waals surface area contributed by atoms with Crippen LogP contribution in [0.25, 0.3) is 0 Å². The van der Waals surface area contributed by atoms with Crippen LogP contribution in [0.1, 0.15) is 40.4 Å². The van der Waals surface area contributed by atoms with Crippen LogP contribution in [0.4, 0.5) is 5.95 Å². The van der Waals surface area contributed by atoms with Crippen molar-refractivity contribution < 1.29 is 9.21 Å². The van der Waals surface area contributed by atoms with Crippen molar-refractivity contribution in [2.24, 2.45) is 0 Å². The maximum absolute atomic E-state index is 12.9. The summed E-state index contributed by atoms with van der Waals surface area (Å²) in [6.07, 6.45) is 3.51. The number of amides is 1. The fraction of sp³-hybridized carbons (Fsp3) is 0.556. The van der Waals surface area contributed by atoms with Crippen LogP contribution >= 0.6 is 24.8 Å². The van der Waals surface area contributed by atoms with E-state index < -0.39 is 5.63 Å². The van der Waals surface area contributed by atoms with Crippen molar-refractivity contribution >= 4 is 36.7 Å². The molecule has 0 radical (unpaired) electrons. The SMILES string of the molecule is Cc1cc(C2CCCNC2)oc(=O)c1C(=O)N1CCN(c2ncn[nH]2)CC1.Cl.Cl. The van der Waals surface area contributed by atoms with E-state index in [0.29, 0.717) is 43.5 Å². The lowest BCUT2D eigenvalue weighted by Gasteiger charge is -2.34. The second kappa shape index (κ2) is 10.1. The molecule has 29 heavy (non-hydrogen) atoms. The van der Waals surface area contributed by atoms with Crippen molar-refractivity contribution in [2.75, 3.05) is 44.2 Å². The van der Waals surface area contributed by atoms with Gasteiger partial charge in [-0.2, -0.15) is 10.1 Å². The molecule has 0 bridgehead atoms. The number of carbonyl (C=O) groups excluding carboxylic acids is 1. The molecule has 4 rings (SSSR count). The Morgan fingerprint density at radius 2 is 2.00 bits per heavy atom. The van der Waals surface area contributed by atoms with Gasteiger partial charge in [-0.15, -0.1) is 24.8 Å². The number of halogens is 2. The number of piperazine rings is 1. The number of H-pyrrole nitrogens is 1. The smallest absolute Gasteiger partial charge is 0.349 e. The van der Waals surface area contributed by atoms with Gasteiger partial charge in [0.05, 0.1) is 0 Å². The molecule has 160 valence electrons. The van der Waals surface area contributed by atoms with E-state index in [1.165, 1.54) is 6.33 Å². The number of anilines is 1. The number of rotatable bonds is 3. The summed E-state index contributed by atoms with van der Waals surface area (Å²) in [5.74, 6) is 1.31. The maximum Gasteiger partial charge on any atom is 0.349 e. The third kappa shape index (κ3) is 4.91. The Kier molecular flexibility index (Phi) is 8.06. The van der Waals surface area contributed by atoms with Crippen molar-refractivity contribution in [3.05, 3.63) is 39.7 Å². The van der Waals surface area contributed by atoms with Crippen molar-refractivity contribution in [1.29, 1.82) is 0 Å². The Morgan fingerprint density at radius 3 is 2.59 bits per heavy atom. The minimum atomic E-state index is -0.529. The molecular formula is C18H26Cl2N6O3. The van der Waals surface area contributed by atoms with E-state index in [4.69, 9.17) is 4.42 Å². The second-order valence-electron chi connectivity index (χ2n) is 7.13.